The second-order valence-electron chi connectivity index (χ2n) is 3.64. The highest BCUT2D eigenvalue weighted by Crippen LogP contribution is 2.28. The summed E-state index contributed by atoms with van der Waals surface area (Å²) in [4.78, 5) is 0. The van der Waals surface area contributed by atoms with Crippen LogP contribution in [-0.4, -0.2) is 5.11 Å². The van der Waals surface area contributed by atoms with Crippen LogP contribution in [0.1, 0.15) is 5.56 Å². The second kappa shape index (κ2) is 4.14. The summed E-state index contributed by atoms with van der Waals surface area (Å²) >= 11 is 0. The van der Waals surface area contributed by atoms with Crippen molar-refractivity contribution < 1.29 is 9.84 Å². The molecular formula is C13H13NO2. The fourth-order valence-electron chi connectivity index (χ4n) is 1.34. The molecule has 0 fully saturated rings. The van der Waals surface area contributed by atoms with Crippen molar-refractivity contribution in [2.45, 2.75) is 6.92 Å². The molecule has 82 valence electrons. The molecule has 0 aromatic heterocycles. The van der Waals surface area contributed by atoms with E-state index < -0.39 is 0 Å². The van der Waals surface area contributed by atoms with E-state index >= 15 is 0 Å². The van der Waals surface area contributed by atoms with Crippen molar-refractivity contribution in [3.63, 3.8) is 0 Å². The molecule has 0 aliphatic heterocycles. The fourth-order valence-corrected chi connectivity index (χ4v) is 1.34. The third kappa shape index (κ3) is 2.25. The highest BCUT2D eigenvalue weighted by molar-refractivity contribution is 5.55. The van der Waals surface area contributed by atoms with Gasteiger partial charge in [0.2, 0.25) is 0 Å². The Balaban J connectivity index is 2.20. The van der Waals surface area contributed by atoms with Gasteiger partial charge in [-0.1, -0.05) is 17.7 Å². The topological polar surface area (TPSA) is 55.5 Å². The zero-order valence-electron chi connectivity index (χ0n) is 8.97. The van der Waals surface area contributed by atoms with Gasteiger partial charge >= 0.3 is 0 Å². The minimum Gasteiger partial charge on any atom is -0.506 e. The molecule has 2 rings (SSSR count). The first-order valence-corrected chi connectivity index (χ1v) is 4.98. The summed E-state index contributed by atoms with van der Waals surface area (Å²) < 4.78 is 5.58. The van der Waals surface area contributed by atoms with Crippen molar-refractivity contribution in [2.75, 3.05) is 5.73 Å². The largest absolute Gasteiger partial charge is 0.506 e. The van der Waals surface area contributed by atoms with Crippen LogP contribution in [0.25, 0.3) is 0 Å². The van der Waals surface area contributed by atoms with Gasteiger partial charge in [0, 0.05) is 6.07 Å². The first kappa shape index (κ1) is 10.4. The Bertz CT molecular complexity index is 492. The minimum atomic E-state index is 0.0660. The van der Waals surface area contributed by atoms with Crippen LogP contribution in [-0.2, 0) is 0 Å². The first-order valence-electron chi connectivity index (χ1n) is 4.98. The van der Waals surface area contributed by atoms with Crippen LogP contribution in [0.15, 0.2) is 42.5 Å². The van der Waals surface area contributed by atoms with Gasteiger partial charge in [0.25, 0.3) is 0 Å². The number of ether oxygens (including phenoxy) is 1. The molecule has 0 amide bonds. The van der Waals surface area contributed by atoms with Gasteiger partial charge in [-0.2, -0.15) is 0 Å². The summed E-state index contributed by atoms with van der Waals surface area (Å²) in [6.07, 6.45) is 0. The third-order valence-electron chi connectivity index (χ3n) is 2.26. The van der Waals surface area contributed by atoms with E-state index in [9.17, 15) is 5.11 Å². The smallest absolute Gasteiger partial charge is 0.138 e. The molecule has 16 heavy (non-hydrogen) atoms. The van der Waals surface area contributed by atoms with Gasteiger partial charge in [0.05, 0.1) is 5.69 Å². The Labute approximate surface area is 94.1 Å². The molecule has 0 spiro atoms. The molecule has 0 radical (unpaired) electrons. The molecule has 0 aliphatic rings. The predicted octanol–water partition coefficient (Wildman–Crippen LogP) is 3.08. The molecule has 0 heterocycles. The molecular weight excluding hydrogens is 202 g/mol. The Morgan fingerprint density at radius 1 is 1.00 bits per heavy atom. The van der Waals surface area contributed by atoms with Gasteiger partial charge in [-0.05, 0) is 31.2 Å². The van der Waals surface area contributed by atoms with E-state index in [0.29, 0.717) is 11.4 Å². The van der Waals surface area contributed by atoms with Crippen LogP contribution in [0.2, 0.25) is 0 Å². The van der Waals surface area contributed by atoms with E-state index in [1.165, 1.54) is 11.6 Å². The molecule has 2 aromatic carbocycles. The number of phenolic OH excluding ortho intramolecular Hbond substituents is 1. The number of aryl methyl sites for hydroxylation is 1. The van der Waals surface area contributed by atoms with Crippen LogP contribution in [0.3, 0.4) is 0 Å². The predicted molar refractivity (Wildman–Crippen MR) is 63.8 cm³/mol. The monoisotopic (exact) mass is 215 g/mol. The average molecular weight is 215 g/mol. The lowest BCUT2D eigenvalue weighted by molar-refractivity contribution is 0.467. The zero-order chi connectivity index (χ0) is 11.5. The molecule has 0 aliphatic carbocycles. The second-order valence-corrected chi connectivity index (χ2v) is 3.64. The number of phenols is 1. The maximum atomic E-state index is 9.27. The van der Waals surface area contributed by atoms with Gasteiger partial charge in [-0.15, -0.1) is 0 Å². The van der Waals surface area contributed by atoms with Crippen molar-refractivity contribution in [2.24, 2.45) is 0 Å². The summed E-state index contributed by atoms with van der Waals surface area (Å²) in [5.41, 5.74) is 7.06. The molecule has 0 saturated heterocycles. The minimum absolute atomic E-state index is 0.0660. The molecule has 0 atom stereocenters. The number of hydrogen-bond donors (Lipinski definition) is 2. The van der Waals surface area contributed by atoms with Gasteiger partial charge < -0.3 is 15.6 Å². The van der Waals surface area contributed by atoms with Gasteiger partial charge in [0.15, 0.2) is 0 Å². The molecule has 3 N–H and O–H groups in total. The number of nitrogen functional groups attached to an aromatic ring is 1. The molecule has 0 saturated carbocycles. The molecule has 0 unspecified atom stereocenters. The average Bonchev–Trinajstić information content (AvgIpc) is 2.27. The summed E-state index contributed by atoms with van der Waals surface area (Å²) in [6.45, 7) is 2.02. The van der Waals surface area contributed by atoms with Crippen LogP contribution in [0, 0.1) is 6.92 Å². The highest BCUT2D eigenvalue weighted by atomic mass is 16.5. The van der Waals surface area contributed by atoms with Crippen LogP contribution >= 0.6 is 0 Å². The molecule has 0 bridgehead atoms. The Morgan fingerprint density at radius 2 is 1.62 bits per heavy atom. The summed E-state index contributed by atoms with van der Waals surface area (Å²) in [5.74, 6) is 1.42. The summed E-state index contributed by atoms with van der Waals surface area (Å²) in [6, 6.07) is 12.5. The standard InChI is InChI=1S/C13H13NO2/c1-9-2-4-10(5-3-9)16-11-6-7-13(15)12(14)8-11/h2-8,15H,14H2,1H3. The maximum absolute atomic E-state index is 9.27. The van der Waals surface area contributed by atoms with E-state index in [2.05, 4.69) is 0 Å². The number of rotatable bonds is 2. The number of anilines is 1. The molecule has 3 nitrogen and oxygen atoms in total. The quantitative estimate of drug-likeness (QED) is 0.598. The lowest BCUT2D eigenvalue weighted by Gasteiger charge is -2.07. The van der Waals surface area contributed by atoms with E-state index in [-0.39, 0.29) is 5.75 Å². The van der Waals surface area contributed by atoms with Crippen molar-refractivity contribution >= 4 is 5.69 Å². The summed E-state index contributed by atoms with van der Waals surface area (Å²) in [7, 11) is 0. The molecule has 2 aromatic rings. The van der Waals surface area contributed by atoms with Crippen LogP contribution < -0.4 is 10.5 Å². The van der Waals surface area contributed by atoms with Gasteiger partial charge in [-0.3, -0.25) is 0 Å². The SMILES string of the molecule is Cc1ccc(Oc2ccc(O)c(N)c2)cc1. The Hall–Kier alpha value is -2.16. The number of aromatic hydroxyl groups is 1. The summed E-state index contributed by atoms with van der Waals surface area (Å²) in [5, 5.41) is 9.27. The van der Waals surface area contributed by atoms with Gasteiger partial charge in [-0.25, -0.2) is 0 Å². The first-order chi connectivity index (χ1) is 7.65. The van der Waals surface area contributed by atoms with Gasteiger partial charge in [0.1, 0.15) is 17.2 Å². The van der Waals surface area contributed by atoms with E-state index in [1.54, 1.807) is 12.1 Å². The normalized spacial score (nSPS) is 10.1. The van der Waals surface area contributed by atoms with Crippen molar-refractivity contribution in [1.82, 2.24) is 0 Å². The number of nitrogens with two attached hydrogens (primary N) is 1. The lowest BCUT2D eigenvalue weighted by Crippen LogP contribution is -1.88. The van der Waals surface area contributed by atoms with Crippen LogP contribution in [0.4, 0.5) is 5.69 Å². The zero-order valence-corrected chi connectivity index (χ0v) is 8.97. The number of benzene rings is 2. The van der Waals surface area contributed by atoms with E-state index in [4.69, 9.17) is 10.5 Å². The van der Waals surface area contributed by atoms with Crippen LogP contribution in [0.5, 0.6) is 17.2 Å². The fraction of sp³-hybridized carbons (Fsp3) is 0.0769. The van der Waals surface area contributed by atoms with Crippen molar-refractivity contribution in [1.29, 1.82) is 0 Å². The van der Waals surface area contributed by atoms with E-state index in [0.717, 1.165) is 5.75 Å². The lowest BCUT2D eigenvalue weighted by atomic mass is 10.2. The van der Waals surface area contributed by atoms with E-state index in [1.807, 2.05) is 31.2 Å². The molecule has 3 heteroatoms. The Kier molecular flexibility index (Phi) is 2.68. The Morgan fingerprint density at radius 3 is 2.25 bits per heavy atom. The maximum Gasteiger partial charge on any atom is 0.138 e. The number of hydrogen-bond acceptors (Lipinski definition) is 3. The third-order valence-corrected chi connectivity index (χ3v) is 2.26. The van der Waals surface area contributed by atoms with Crippen molar-refractivity contribution in [3.8, 4) is 17.2 Å². The highest BCUT2D eigenvalue weighted by Gasteiger charge is 2.01. The van der Waals surface area contributed by atoms with Crippen molar-refractivity contribution in [3.05, 3.63) is 48.0 Å².